The van der Waals surface area contributed by atoms with E-state index in [4.69, 9.17) is 27.9 Å². The van der Waals surface area contributed by atoms with E-state index in [0.29, 0.717) is 33.3 Å². The van der Waals surface area contributed by atoms with E-state index in [2.05, 4.69) is 5.43 Å². The zero-order chi connectivity index (χ0) is 20.4. The number of carboxylic acid groups (broad SMARTS) is 1. The van der Waals surface area contributed by atoms with Crippen LogP contribution in [0.15, 0.2) is 36.4 Å². The van der Waals surface area contributed by atoms with Crippen molar-refractivity contribution in [1.82, 2.24) is 5.43 Å². The van der Waals surface area contributed by atoms with Crippen LogP contribution in [0.2, 0.25) is 10.0 Å². The number of amides is 1. The first kappa shape index (κ1) is 20.0. The van der Waals surface area contributed by atoms with Crippen LogP contribution in [0.3, 0.4) is 0 Å². The third kappa shape index (κ3) is 3.50. The van der Waals surface area contributed by atoms with Gasteiger partial charge in [0.2, 0.25) is 6.41 Å². The first-order valence-electron chi connectivity index (χ1n) is 8.27. The Morgan fingerprint density at radius 2 is 2.00 bits per heavy atom. The monoisotopic (exact) mass is 422 g/mol. The highest BCUT2D eigenvalue weighted by Gasteiger charge is 2.40. The van der Waals surface area contributed by atoms with Crippen LogP contribution in [0.1, 0.15) is 33.8 Å². The van der Waals surface area contributed by atoms with Crippen LogP contribution in [0.5, 0.6) is 0 Å². The number of halogens is 2. The minimum Gasteiger partial charge on any atom is -0.478 e. The number of methoxy groups -OCH3 is 1. The maximum Gasteiger partial charge on any atom is 0.335 e. The molecular weight excluding hydrogens is 407 g/mol. The third-order valence-corrected chi connectivity index (χ3v) is 5.21. The van der Waals surface area contributed by atoms with E-state index in [1.54, 1.807) is 24.3 Å². The molecule has 2 aromatic carbocycles. The zero-order valence-electron chi connectivity index (χ0n) is 14.7. The van der Waals surface area contributed by atoms with Crippen molar-refractivity contribution in [3.05, 3.63) is 63.1 Å². The van der Waals surface area contributed by atoms with Gasteiger partial charge in [-0.1, -0.05) is 41.4 Å². The fourth-order valence-electron chi connectivity index (χ4n) is 3.56. The molecule has 2 aromatic rings. The normalized spacial score (nSPS) is 18.2. The van der Waals surface area contributed by atoms with Crippen molar-refractivity contribution in [1.29, 1.82) is 0 Å². The molecule has 28 heavy (non-hydrogen) atoms. The summed E-state index contributed by atoms with van der Waals surface area (Å²) in [6, 6.07) is 8.71. The Balaban J connectivity index is 2.27. The molecule has 146 valence electrons. The lowest BCUT2D eigenvalue weighted by molar-refractivity contribution is -0.142. The number of rotatable bonds is 5. The van der Waals surface area contributed by atoms with E-state index in [0.717, 1.165) is 0 Å². The van der Waals surface area contributed by atoms with Crippen molar-refractivity contribution < 1.29 is 24.2 Å². The van der Waals surface area contributed by atoms with Crippen molar-refractivity contribution >= 4 is 47.2 Å². The molecule has 0 aromatic heterocycles. The number of ether oxygens (including phenoxy) is 1. The molecular formula is C19H16Cl2N2O5. The maximum atomic E-state index is 12.4. The number of nitrogens with zero attached hydrogens (tertiary/aromatic N) is 1. The standard InChI is InChI=1S/C19H16Cl2N2O5/c1-28-19(27)16-8-13(11-4-2-3-5-12(11)18(25)26)17-14(21)6-10(20)7-15(17)23(16)22-9-24/h2-7,9,13,16H,8H2,1H3,(H,22,24)(H,25,26)/t13-,16-/m0/s1. The largest absolute Gasteiger partial charge is 0.478 e. The summed E-state index contributed by atoms with van der Waals surface area (Å²) in [7, 11) is 1.24. The predicted molar refractivity (Wildman–Crippen MR) is 104 cm³/mol. The third-order valence-electron chi connectivity index (χ3n) is 4.68. The summed E-state index contributed by atoms with van der Waals surface area (Å²) in [4.78, 5) is 35.3. The number of carbonyl (C=O) groups is 3. The van der Waals surface area contributed by atoms with Crippen LogP contribution in [-0.4, -0.2) is 36.6 Å². The molecule has 3 rings (SSSR count). The SMILES string of the molecule is COC(=O)[C@@H]1C[C@@H](c2ccccc2C(=O)O)c2c(Cl)cc(Cl)cc2N1NC=O. The number of esters is 1. The van der Waals surface area contributed by atoms with Crippen molar-refractivity contribution in [2.24, 2.45) is 0 Å². The van der Waals surface area contributed by atoms with E-state index in [1.165, 1.54) is 24.3 Å². The zero-order valence-corrected chi connectivity index (χ0v) is 16.2. The number of carboxylic acids is 1. The average molecular weight is 423 g/mol. The molecule has 1 heterocycles. The number of fused-ring (bicyclic) bond motifs is 1. The van der Waals surface area contributed by atoms with Gasteiger partial charge in [0.25, 0.3) is 0 Å². The lowest BCUT2D eigenvalue weighted by Gasteiger charge is -2.40. The average Bonchev–Trinajstić information content (AvgIpc) is 2.67. The summed E-state index contributed by atoms with van der Waals surface area (Å²) in [5.41, 5.74) is 4.05. The Morgan fingerprint density at radius 1 is 1.29 bits per heavy atom. The minimum atomic E-state index is -1.09. The van der Waals surface area contributed by atoms with E-state index in [-0.39, 0.29) is 12.0 Å². The fraction of sp³-hybridized carbons (Fsp3) is 0.211. The molecule has 7 nitrogen and oxygen atoms in total. The molecule has 2 atom stereocenters. The van der Waals surface area contributed by atoms with Gasteiger partial charge in [0.1, 0.15) is 6.04 Å². The van der Waals surface area contributed by atoms with E-state index in [9.17, 15) is 19.5 Å². The topological polar surface area (TPSA) is 95.9 Å². The number of benzene rings is 2. The van der Waals surface area contributed by atoms with E-state index in [1.807, 2.05) is 0 Å². The van der Waals surface area contributed by atoms with Gasteiger partial charge < -0.3 is 9.84 Å². The molecule has 9 heteroatoms. The quantitative estimate of drug-likeness (QED) is 0.567. The van der Waals surface area contributed by atoms with Gasteiger partial charge in [-0.3, -0.25) is 15.2 Å². The van der Waals surface area contributed by atoms with Crippen LogP contribution in [0.25, 0.3) is 0 Å². The number of hydrazine groups is 1. The predicted octanol–water partition coefficient (Wildman–Crippen LogP) is 3.24. The fourth-order valence-corrected chi connectivity index (χ4v) is 4.18. The highest BCUT2D eigenvalue weighted by atomic mass is 35.5. The molecule has 0 fully saturated rings. The highest BCUT2D eigenvalue weighted by Crippen LogP contribution is 2.47. The van der Waals surface area contributed by atoms with Crippen molar-refractivity contribution in [3.8, 4) is 0 Å². The van der Waals surface area contributed by atoms with Crippen LogP contribution in [-0.2, 0) is 14.3 Å². The van der Waals surface area contributed by atoms with Crippen LogP contribution >= 0.6 is 23.2 Å². The number of aromatic carboxylic acids is 1. The lowest BCUT2D eigenvalue weighted by atomic mass is 9.79. The molecule has 0 radical (unpaired) electrons. The summed E-state index contributed by atoms with van der Waals surface area (Å²) >= 11 is 12.6. The number of nitrogens with one attached hydrogen (secondary N) is 1. The van der Waals surface area contributed by atoms with Crippen LogP contribution in [0.4, 0.5) is 5.69 Å². The first-order valence-corrected chi connectivity index (χ1v) is 9.02. The van der Waals surface area contributed by atoms with Crippen LogP contribution in [0, 0.1) is 0 Å². The first-order chi connectivity index (χ1) is 13.4. The second-order valence-electron chi connectivity index (χ2n) is 6.16. The van der Waals surface area contributed by atoms with E-state index >= 15 is 0 Å². The van der Waals surface area contributed by atoms with Gasteiger partial charge in [0.15, 0.2) is 0 Å². The van der Waals surface area contributed by atoms with Gasteiger partial charge in [-0.15, -0.1) is 0 Å². The summed E-state index contributed by atoms with van der Waals surface area (Å²) < 4.78 is 4.88. The summed E-state index contributed by atoms with van der Waals surface area (Å²) in [5.74, 6) is -2.21. The summed E-state index contributed by atoms with van der Waals surface area (Å²) in [6.07, 6.45) is 0.576. The molecule has 1 aliphatic heterocycles. The molecule has 0 spiro atoms. The van der Waals surface area contributed by atoms with Crippen molar-refractivity contribution in [3.63, 3.8) is 0 Å². The van der Waals surface area contributed by atoms with E-state index < -0.39 is 23.9 Å². The molecule has 0 saturated carbocycles. The number of carbonyl (C=O) groups excluding carboxylic acids is 2. The summed E-state index contributed by atoms with van der Waals surface area (Å²) in [6.45, 7) is 0. The van der Waals surface area contributed by atoms with Crippen molar-refractivity contribution in [2.75, 3.05) is 12.1 Å². The van der Waals surface area contributed by atoms with Gasteiger partial charge in [-0.05, 0) is 30.2 Å². The lowest BCUT2D eigenvalue weighted by Crippen LogP contribution is -2.53. The highest BCUT2D eigenvalue weighted by molar-refractivity contribution is 6.35. The van der Waals surface area contributed by atoms with Gasteiger partial charge in [0.05, 0.1) is 18.4 Å². The summed E-state index contributed by atoms with van der Waals surface area (Å²) in [5, 5.41) is 11.5. The molecule has 0 aliphatic carbocycles. The Kier molecular flexibility index (Phi) is 5.76. The van der Waals surface area contributed by atoms with Crippen molar-refractivity contribution in [2.45, 2.75) is 18.4 Å². The number of anilines is 1. The molecule has 1 amide bonds. The molecule has 0 bridgehead atoms. The van der Waals surface area contributed by atoms with Gasteiger partial charge in [0, 0.05) is 21.5 Å². The van der Waals surface area contributed by atoms with Gasteiger partial charge in [-0.2, -0.15) is 0 Å². The Bertz CT molecular complexity index is 950. The number of hydrogen-bond acceptors (Lipinski definition) is 5. The number of hydrogen-bond donors (Lipinski definition) is 2. The van der Waals surface area contributed by atoms with Gasteiger partial charge in [-0.25, -0.2) is 9.59 Å². The van der Waals surface area contributed by atoms with Gasteiger partial charge >= 0.3 is 11.9 Å². The smallest absolute Gasteiger partial charge is 0.335 e. The minimum absolute atomic E-state index is 0.102. The van der Waals surface area contributed by atoms with Crippen LogP contribution < -0.4 is 10.4 Å². The maximum absolute atomic E-state index is 12.4. The Labute approximate surface area is 170 Å². The molecule has 2 N–H and O–H groups in total. The Morgan fingerprint density at radius 3 is 2.64 bits per heavy atom. The molecule has 0 unspecified atom stereocenters. The molecule has 1 aliphatic rings. The Hall–Kier alpha value is -2.77. The second kappa shape index (κ2) is 8.08. The molecule has 0 saturated heterocycles. The second-order valence-corrected chi connectivity index (χ2v) is 7.00.